The summed E-state index contributed by atoms with van der Waals surface area (Å²) in [5.74, 6) is 0. The fraction of sp³-hybridized carbons (Fsp3) is 1.00. The standard InChI is InChI=1S/C10H23NO2S/c1-3-4-9(11)10(7-13)14-8(2)5-6-12/h8-10,12-13H,3-7,11H2,1-2H3. The van der Waals surface area contributed by atoms with Gasteiger partial charge in [0.25, 0.3) is 0 Å². The molecule has 0 aromatic heterocycles. The Morgan fingerprint density at radius 1 is 1.29 bits per heavy atom. The maximum atomic E-state index is 9.18. The van der Waals surface area contributed by atoms with Gasteiger partial charge in [0.05, 0.1) is 6.61 Å². The molecule has 0 saturated carbocycles. The molecule has 0 bridgehead atoms. The lowest BCUT2D eigenvalue weighted by Crippen LogP contribution is -2.36. The fourth-order valence-corrected chi connectivity index (χ4v) is 2.61. The first-order valence-electron chi connectivity index (χ1n) is 5.28. The first kappa shape index (κ1) is 14.2. The Kier molecular flexibility index (Phi) is 8.67. The molecule has 0 rings (SSSR count). The predicted octanol–water partition coefficient (Wildman–Crippen LogP) is 0.979. The van der Waals surface area contributed by atoms with Crippen molar-refractivity contribution in [3.63, 3.8) is 0 Å². The van der Waals surface area contributed by atoms with Crippen molar-refractivity contribution in [1.82, 2.24) is 0 Å². The molecule has 0 heterocycles. The number of thioether (sulfide) groups is 1. The molecule has 0 radical (unpaired) electrons. The normalized spacial score (nSPS) is 17.8. The molecule has 0 aromatic rings. The molecule has 0 saturated heterocycles. The van der Waals surface area contributed by atoms with Crippen LogP contribution in [0.15, 0.2) is 0 Å². The summed E-state index contributed by atoms with van der Waals surface area (Å²) in [6.07, 6.45) is 2.76. The molecule has 14 heavy (non-hydrogen) atoms. The molecule has 3 unspecified atom stereocenters. The van der Waals surface area contributed by atoms with E-state index < -0.39 is 0 Å². The van der Waals surface area contributed by atoms with Gasteiger partial charge in [0, 0.05) is 23.1 Å². The van der Waals surface area contributed by atoms with Crippen LogP contribution in [0.4, 0.5) is 0 Å². The van der Waals surface area contributed by atoms with Gasteiger partial charge in [0.15, 0.2) is 0 Å². The Labute approximate surface area is 91.1 Å². The van der Waals surface area contributed by atoms with Crippen LogP contribution in [0.3, 0.4) is 0 Å². The maximum absolute atomic E-state index is 9.18. The van der Waals surface area contributed by atoms with Crippen LogP contribution in [0, 0.1) is 0 Å². The largest absolute Gasteiger partial charge is 0.396 e. The minimum absolute atomic E-state index is 0.0659. The van der Waals surface area contributed by atoms with Crippen LogP contribution in [0.1, 0.15) is 33.1 Å². The Balaban J connectivity index is 3.87. The van der Waals surface area contributed by atoms with E-state index in [0.29, 0.717) is 5.25 Å². The molecular weight excluding hydrogens is 198 g/mol. The van der Waals surface area contributed by atoms with Crippen LogP contribution in [-0.4, -0.2) is 40.0 Å². The lowest BCUT2D eigenvalue weighted by Gasteiger charge is -2.24. The Morgan fingerprint density at radius 2 is 1.93 bits per heavy atom. The highest BCUT2D eigenvalue weighted by atomic mass is 32.2. The summed E-state index contributed by atoms with van der Waals surface area (Å²) in [4.78, 5) is 0. The lowest BCUT2D eigenvalue weighted by molar-refractivity contribution is 0.276. The van der Waals surface area contributed by atoms with E-state index in [9.17, 15) is 5.11 Å². The first-order valence-corrected chi connectivity index (χ1v) is 6.22. The molecule has 0 aliphatic rings. The van der Waals surface area contributed by atoms with Crippen molar-refractivity contribution in [2.45, 2.75) is 49.7 Å². The molecular formula is C10H23NO2S. The second-order valence-electron chi connectivity index (χ2n) is 3.63. The monoisotopic (exact) mass is 221 g/mol. The molecule has 0 aliphatic carbocycles. The number of aliphatic hydroxyl groups is 2. The van der Waals surface area contributed by atoms with Gasteiger partial charge in [-0.25, -0.2) is 0 Å². The number of hydrogen-bond acceptors (Lipinski definition) is 4. The van der Waals surface area contributed by atoms with Gasteiger partial charge < -0.3 is 15.9 Å². The SMILES string of the molecule is CCCC(N)C(CO)SC(C)CCO. The van der Waals surface area contributed by atoms with E-state index in [2.05, 4.69) is 13.8 Å². The minimum atomic E-state index is 0.0659. The molecule has 3 atom stereocenters. The van der Waals surface area contributed by atoms with Crippen molar-refractivity contribution in [3.8, 4) is 0 Å². The van der Waals surface area contributed by atoms with Crippen LogP contribution < -0.4 is 5.73 Å². The number of nitrogens with two attached hydrogens (primary N) is 1. The Morgan fingerprint density at radius 3 is 2.36 bits per heavy atom. The second-order valence-corrected chi connectivity index (χ2v) is 5.31. The average Bonchev–Trinajstić information content (AvgIpc) is 2.15. The van der Waals surface area contributed by atoms with Crippen molar-refractivity contribution in [2.75, 3.05) is 13.2 Å². The third-order valence-corrected chi connectivity index (χ3v) is 3.77. The zero-order chi connectivity index (χ0) is 11.0. The third-order valence-electron chi connectivity index (χ3n) is 2.22. The fourth-order valence-electron chi connectivity index (χ4n) is 1.35. The van der Waals surface area contributed by atoms with Gasteiger partial charge in [-0.2, -0.15) is 11.8 Å². The molecule has 4 heteroatoms. The van der Waals surface area contributed by atoms with Crippen molar-refractivity contribution in [1.29, 1.82) is 0 Å². The average molecular weight is 221 g/mol. The van der Waals surface area contributed by atoms with Crippen LogP contribution in [0.5, 0.6) is 0 Å². The summed E-state index contributed by atoms with van der Waals surface area (Å²) in [7, 11) is 0. The Bertz CT molecular complexity index is 135. The molecule has 3 nitrogen and oxygen atoms in total. The second kappa shape index (κ2) is 8.53. The minimum Gasteiger partial charge on any atom is -0.396 e. The topological polar surface area (TPSA) is 66.5 Å². The van der Waals surface area contributed by atoms with Gasteiger partial charge in [-0.3, -0.25) is 0 Å². The van der Waals surface area contributed by atoms with Gasteiger partial charge >= 0.3 is 0 Å². The van der Waals surface area contributed by atoms with Gasteiger partial charge in [0.2, 0.25) is 0 Å². The molecule has 0 amide bonds. The molecule has 0 spiro atoms. The Hall–Kier alpha value is 0.230. The first-order chi connectivity index (χ1) is 6.65. The summed E-state index contributed by atoms with van der Waals surface area (Å²) in [5, 5.41) is 18.4. The van der Waals surface area contributed by atoms with Crippen molar-refractivity contribution >= 4 is 11.8 Å². The molecule has 86 valence electrons. The van der Waals surface area contributed by atoms with E-state index >= 15 is 0 Å². The molecule has 0 aliphatic heterocycles. The smallest absolute Gasteiger partial charge is 0.0565 e. The predicted molar refractivity (Wildman–Crippen MR) is 62.5 cm³/mol. The van der Waals surface area contributed by atoms with Crippen molar-refractivity contribution in [3.05, 3.63) is 0 Å². The van der Waals surface area contributed by atoms with Crippen molar-refractivity contribution < 1.29 is 10.2 Å². The zero-order valence-electron chi connectivity index (χ0n) is 9.15. The molecule has 0 aromatic carbocycles. The van der Waals surface area contributed by atoms with Crippen LogP contribution >= 0.6 is 11.8 Å². The van der Waals surface area contributed by atoms with Crippen molar-refractivity contribution in [2.24, 2.45) is 5.73 Å². The van der Waals surface area contributed by atoms with Gasteiger partial charge in [-0.05, 0) is 12.8 Å². The van der Waals surface area contributed by atoms with Gasteiger partial charge in [-0.15, -0.1) is 0 Å². The number of hydrogen-bond donors (Lipinski definition) is 3. The maximum Gasteiger partial charge on any atom is 0.0565 e. The summed E-state index contributed by atoms with van der Waals surface area (Å²) in [5.41, 5.74) is 5.94. The van der Waals surface area contributed by atoms with E-state index in [1.807, 2.05) is 0 Å². The van der Waals surface area contributed by atoms with E-state index in [4.69, 9.17) is 10.8 Å². The number of aliphatic hydroxyl groups excluding tert-OH is 2. The van der Waals surface area contributed by atoms with Crippen LogP contribution in [0.25, 0.3) is 0 Å². The molecule has 0 fully saturated rings. The highest BCUT2D eigenvalue weighted by molar-refractivity contribution is 8.00. The van der Waals surface area contributed by atoms with E-state index in [1.165, 1.54) is 0 Å². The quantitative estimate of drug-likeness (QED) is 0.571. The zero-order valence-corrected chi connectivity index (χ0v) is 9.96. The highest BCUT2D eigenvalue weighted by Gasteiger charge is 2.19. The van der Waals surface area contributed by atoms with Gasteiger partial charge in [-0.1, -0.05) is 20.3 Å². The highest BCUT2D eigenvalue weighted by Crippen LogP contribution is 2.23. The summed E-state index contributed by atoms with van der Waals surface area (Å²) in [6.45, 7) is 4.48. The van der Waals surface area contributed by atoms with Crippen LogP contribution in [0.2, 0.25) is 0 Å². The number of rotatable bonds is 8. The van der Waals surface area contributed by atoms with E-state index in [-0.39, 0.29) is 24.5 Å². The summed E-state index contributed by atoms with van der Waals surface area (Å²) < 4.78 is 0. The van der Waals surface area contributed by atoms with E-state index in [1.54, 1.807) is 11.8 Å². The van der Waals surface area contributed by atoms with E-state index in [0.717, 1.165) is 19.3 Å². The lowest BCUT2D eigenvalue weighted by atomic mass is 10.1. The molecule has 4 N–H and O–H groups in total. The summed E-state index contributed by atoms with van der Waals surface area (Å²) in [6, 6.07) is 0.0659. The van der Waals surface area contributed by atoms with Gasteiger partial charge in [0.1, 0.15) is 0 Å². The summed E-state index contributed by atoms with van der Waals surface area (Å²) >= 11 is 1.68. The third kappa shape index (κ3) is 5.86. The van der Waals surface area contributed by atoms with Crippen LogP contribution in [-0.2, 0) is 0 Å².